The lowest BCUT2D eigenvalue weighted by atomic mass is 9.96. The van der Waals surface area contributed by atoms with Crippen LogP contribution in [-0.4, -0.2) is 49.7 Å². The van der Waals surface area contributed by atoms with E-state index in [1.54, 1.807) is 0 Å². The van der Waals surface area contributed by atoms with Gasteiger partial charge in [0.1, 0.15) is 6.10 Å². The number of hydrogen-bond acceptors (Lipinski definition) is 4. The summed E-state index contributed by atoms with van der Waals surface area (Å²) < 4.78 is 5.25. The Labute approximate surface area is 132 Å². The highest BCUT2D eigenvalue weighted by molar-refractivity contribution is 5.92. The van der Waals surface area contributed by atoms with Crippen molar-refractivity contribution in [3.05, 3.63) is 34.9 Å². The van der Waals surface area contributed by atoms with Crippen molar-refractivity contribution in [2.75, 3.05) is 32.7 Å². The van der Waals surface area contributed by atoms with Crippen molar-refractivity contribution < 1.29 is 9.53 Å². The van der Waals surface area contributed by atoms with E-state index in [9.17, 15) is 4.79 Å². The first-order valence-electron chi connectivity index (χ1n) is 7.48. The van der Waals surface area contributed by atoms with Crippen molar-refractivity contribution in [3.63, 3.8) is 0 Å². The topological polar surface area (TPSA) is 41.6 Å². The smallest absolute Gasteiger partial charge is 0.338 e. The molecule has 1 atom stereocenters. The molecule has 0 spiro atoms. The van der Waals surface area contributed by atoms with E-state index in [1.807, 2.05) is 13.0 Å². The van der Waals surface area contributed by atoms with Gasteiger partial charge in [0.05, 0.1) is 5.56 Å². The number of nitrogens with one attached hydrogen (secondary N) is 1. The maximum atomic E-state index is 11.8. The highest BCUT2D eigenvalue weighted by Gasteiger charge is 2.23. The van der Waals surface area contributed by atoms with Crippen LogP contribution in [0, 0.1) is 0 Å². The molecule has 2 aliphatic heterocycles. The Balaban J connectivity index is 0.00000161. The van der Waals surface area contributed by atoms with Crippen LogP contribution in [0.3, 0.4) is 0 Å². The summed E-state index contributed by atoms with van der Waals surface area (Å²) in [6.07, 6.45) is 1.89. The number of rotatable bonds is 3. The number of cyclic esters (lactones) is 1. The SMILES string of the molecule is C[C@H]1Cc2cc(CCN3CCNCC3)ccc2C(=O)O1.Cl. The molecule has 1 aromatic carbocycles. The number of ether oxygens (including phenoxy) is 1. The molecule has 2 heterocycles. The first-order chi connectivity index (χ1) is 9.72. The van der Waals surface area contributed by atoms with Gasteiger partial charge in [-0.15, -0.1) is 12.4 Å². The van der Waals surface area contributed by atoms with Gasteiger partial charge in [-0.2, -0.15) is 0 Å². The molecule has 2 aliphatic rings. The molecule has 1 fully saturated rings. The molecule has 1 aromatic rings. The van der Waals surface area contributed by atoms with Crippen molar-refractivity contribution in [1.82, 2.24) is 10.2 Å². The third kappa shape index (κ3) is 3.96. The fraction of sp³-hybridized carbons (Fsp3) is 0.562. The molecule has 5 heteroatoms. The molecular weight excluding hydrogens is 288 g/mol. The van der Waals surface area contributed by atoms with Crippen LogP contribution in [0.25, 0.3) is 0 Å². The van der Waals surface area contributed by atoms with Crippen LogP contribution in [0.2, 0.25) is 0 Å². The Morgan fingerprint density at radius 2 is 2.10 bits per heavy atom. The fourth-order valence-corrected chi connectivity index (χ4v) is 2.99. The first-order valence-corrected chi connectivity index (χ1v) is 7.48. The summed E-state index contributed by atoms with van der Waals surface area (Å²) in [5.41, 5.74) is 3.21. The minimum absolute atomic E-state index is 0. The number of benzene rings is 1. The third-order valence-corrected chi connectivity index (χ3v) is 4.13. The number of halogens is 1. The zero-order valence-electron chi connectivity index (χ0n) is 12.4. The van der Waals surface area contributed by atoms with E-state index in [0.29, 0.717) is 0 Å². The molecule has 0 radical (unpaired) electrons. The monoisotopic (exact) mass is 310 g/mol. The number of carbonyl (C=O) groups is 1. The van der Waals surface area contributed by atoms with Gasteiger partial charge in [-0.3, -0.25) is 0 Å². The average Bonchev–Trinajstić information content (AvgIpc) is 2.45. The molecule has 0 unspecified atom stereocenters. The van der Waals surface area contributed by atoms with Crippen molar-refractivity contribution in [3.8, 4) is 0 Å². The molecule has 1 N–H and O–H groups in total. The van der Waals surface area contributed by atoms with Crippen molar-refractivity contribution in [1.29, 1.82) is 0 Å². The summed E-state index contributed by atoms with van der Waals surface area (Å²) in [6.45, 7) is 7.50. The molecule has 1 saturated heterocycles. The van der Waals surface area contributed by atoms with Crippen LogP contribution in [0.1, 0.15) is 28.4 Å². The van der Waals surface area contributed by atoms with E-state index in [4.69, 9.17) is 4.74 Å². The molecule has 0 amide bonds. The molecule has 0 aromatic heterocycles. The predicted octanol–water partition coefficient (Wildman–Crippen LogP) is 1.66. The summed E-state index contributed by atoms with van der Waals surface area (Å²) in [6, 6.07) is 6.18. The summed E-state index contributed by atoms with van der Waals surface area (Å²) in [5, 5.41) is 3.37. The molecule has 4 nitrogen and oxygen atoms in total. The second kappa shape index (κ2) is 7.25. The Morgan fingerprint density at radius 3 is 2.86 bits per heavy atom. The average molecular weight is 311 g/mol. The first kappa shape index (κ1) is 16.3. The van der Waals surface area contributed by atoms with Gasteiger partial charge in [0, 0.05) is 39.1 Å². The Morgan fingerprint density at radius 1 is 1.33 bits per heavy atom. The molecule has 3 rings (SSSR count). The van der Waals surface area contributed by atoms with E-state index in [0.717, 1.165) is 56.7 Å². The van der Waals surface area contributed by atoms with Gasteiger partial charge in [0.2, 0.25) is 0 Å². The Kier molecular flexibility index (Phi) is 5.62. The minimum Gasteiger partial charge on any atom is -0.459 e. The van der Waals surface area contributed by atoms with Crippen LogP contribution >= 0.6 is 12.4 Å². The van der Waals surface area contributed by atoms with Gasteiger partial charge >= 0.3 is 5.97 Å². The molecular formula is C16H23ClN2O2. The second-order valence-electron chi connectivity index (χ2n) is 5.75. The van der Waals surface area contributed by atoms with Crippen molar-refractivity contribution >= 4 is 18.4 Å². The zero-order valence-corrected chi connectivity index (χ0v) is 13.2. The van der Waals surface area contributed by atoms with Gasteiger partial charge in [0.15, 0.2) is 0 Å². The lowest BCUT2D eigenvalue weighted by Crippen LogP contribution is -2.44. The number of hydrogen-bond donors (Lipinski definition) is 1. The minimum atomic E-state index is -0.174. The number of carbonyl (C=O) groups excluding carboxylic acids is 1. The lowest BCUT2D eigenvalue weighted by Gasteiger charge is -2.27. The normalized spacial score (nSPS) is 22.1. The van der Waals surface area contributed by atoms with Gasteiger partial charge in [-0.05, 0) is 30.5 Å². The summed E-state index contributed by atoms with van der Waals surface area (Å²) in [5.74, 6) is -0.174. The van der Waals surface area contributed by atoms with Crippen LogP contribution in [0.5, 0.6) is 0 Å². The molecule has 21 heavy (non-hydrogen) atoms. The fourth-order valence-electron chi connectivity index (χ4n) is 2.99. The summed E-state index contributed by atoms with van der Waals surface area (Å²) in [7, 11) is 0. The third-order valence-electron chi connectivity index (χ3n) is 4.13. The number of piperazine rings is 1. The quantitative estimate of drug-likeness (QED) is 0.862. The maximum absolute atomic E-state index is 11.8. The molecule has 0 saturated carbocycles. The van der Waals surface area contributed by atoms with Gasteiger partial charge in [0.25, 0.3) is 0 Å². The highest BCUT2D eigenvalue weighted by atomic mass is 35.5. The van der Waals surface area contributed by atoms with E-state index in [-0.39, 0.29) is 24.5 Å². The van der Waals surface area contributed by atoms with Crippen LogP contribution < -0.4 is 5.32 Å². The standard InChI is InChI=1S/C16H22N2O2.ClH/c1-12-10-14-11-13(2-3-15(14)16(19)20-12)4-7-18-8-5-17-6-9-18;/h2-3,11-12,17H,4-10H2,1H3;1H/t12-;/m0./s1. The van der Waals surface area contributed by atoms with Gasteiger partial charge in [-0.1, -0.05) is 12.1 Å². The Hall–Kier alpha value is -1.10. The molecule has 0 bridgehead atoms. The van der Waals surface area contributed by atoms with E-state index in [2.05, 4.69) is 22.3 Å². The Bertz CT molecular complexity index is 501. The van der Waals surface area contributed by atoms with E-state index in [1.165, 1.54) is 5.56 Å². The van der Waals surface area contributed by atoms with Crippen LogP contribution in [0.15, 0.2) is 18.2 Å². The highest BCUT2D eigenvalue weighted by Crippen LogP contribution is 2.22. The van der Waals surface area contributed by atoms with E-state index >= 15 is 0 Å². The zero-order chi connectivity index (χ0) is 13.9. The van der Waals surface area contributed by atoms with Crippen molar-refractivity contribution in [2.24, 2.45) is 0 Å². The lowest BCUT2D eigenvalue weighted by molar-refractivity contribution is 0.0301. The van der Waals surface area contributed by atoms with Gasteiger partial charge < -0.3 is 15.0 Å². The van der Waals surface area contributed by atoms with Crippen LogP contribution in [0.4, 0.5) is 0 Å². The predicted molar refractivity (Wildman–Crippen MR) is 85.3 cm³/mol. The summed E-state index contributed by atoms with van der Waals surface area (Å²) >= 11 is 0. The molecule has 116 valence electrons. The maximum Gasteiger partial charge on any atom is 0.338 e. The molecule has 0 aliphatic carbocycles. The number of fused-ring (bicyclic) bond motifs is 1. The van der Waals surface area contributed by atoms with Gasteiger partial charge in [-0.25, -0.2) is 4.79 Å². The second-order valence-corrected chi connectivity index (χ2v) is 5.75. The largest absolute Gasteiger partial charge is 0.459 e. The van der Waals surface area contributed by atoms with Crippen molar-refractivity contribution in [2.45, 2.75) is 25.9 Å². The van der Waals surface area contributed by atoms with E-state index < -0.39 is 0 Å². The number of nitrogens with zero attached hydrogens (tertiary/aromatic N) is 1. The summed E-state index contributed by atoms with van der Waals surface area (Å²) in [4.78, 5) is 14.3. The number of esters is 1. The van der Waals surface area contributed by atoms with Crippen LogP contribution in [-0.2, 0) is 17.6 Å².